The highest BCUT2D eigenvalue weighted by molar-refractivity contribution is 6.07. The van der Waals surface area contributed by atoms with Crippen molar-refractivity contribution in [3.8, 4) is 5.75 Å². The third-order valence-electron chi connectivity index (χ3n) is 6.56. The van der Waals surface area contributed by atoms with Crippen LogP contribution in [0.3, 0.4) is 0 Å². The Labute approximate surface area is 181 Å². The number of nitrogens with zero attached hydrogens (tertiary/aromatic N) is 3. The minimum atomic E-state index is -0.277. The number of nitrogens with one attached hydrogen (secondary N) is 1. The number of piperazine rings is 1. The molecule has 6 nitrogen and oxygen atoms in total. The standard InChI is InChI=1S/C24H27FN4O2/c1-31-19-8-4-16-5-9-20-23(21(16)14-19)27-29(22(30)15-28-12-10-26-11-13-28)24(20)17-2-6-18(25)7-3-17/h2-4,6-8,14,20,24,26H,5,9-13,15H2,1H3. The highest BCUT2D eigenvalue weighted by atomic mass is 19.1. The summed E-state index contributed by atoms with van der Waals surface area (Å²) in [7, 11) is 1.66. The van der Waals surface area contributed by atoms with Gasteiger partial charge in [0.1, 0.15) is 11.6 Å². The quantitative estimate of drug-likeness (QED) is 0.823. The minimum Gasteiger partial charge on any atom is -0.497 e. The molecule has 1 saturated heterocycles. The van der Waals surface area contributed by atoms with Crippen LogP contribution in [0, 0.1) is 11.7 Å². The lowest BCUT2D eigenvalue weighted by molar-refractivity contribution is -0.135. The number of carbonyl (C=O) groups is 1. The van der Waals surface area contributed by atoms with Crippen molar-refractivity contribution >= 4 is 11.6 Å². The second-order valence-corrected chi connectivity index (χ2v) is 8.41. The Morgan fingerprint density at radius 2 is 1.97 bits per heavy atom. The normalized spacial score (nSPS) is 23.2. The third kappa shape index (κ3) is 3.83. The maximum absolute atomic E-state index is 13.6. The molecule has 1 N–H and O–H groups in total. The number of hydrogen-bond donors (Lipinski definition) is 1. The molecular weight excluding hydrogens is 395 g/mol. The number of fused-ring (bicyclic) bond motifs is 3. The van der Waals surface area contributed by atoms with E-state index in [9.17, 15) is 9.18 Å². The van der Waals surface area contributed by atoms with Crippen LogP contribution in [-0.4, -0.2) is 61.4 Å². The molecule has 2 unspecified atom stereocenters. The van der Waals surface area contributed by atoms with Gasteiger partial charge >= 0.3 is 0 Å². The summed E-state index contributed by atoms with van der Waals surface area (Å²) in [6.45, 7) is 3.81. The van der Waals surface area contributed by atoms with Gasteiger partial charge in [-0.2, -0.15) is 5.10 Å². The summed E-state index contributed by atoms with van der Waals surface area (Å²) in [4.78, 5) is 15.6. The van der Waals surface area contributed by atoms with E-state index >= 15 is 0 Å². The topological polar surface area (TPSA) is 57.2 Å². The molecule has 1 amide bonds. The van der Waals surface area contributed by atoms with Crippen LogP contribution in [-0.2, 0) is 11.2 Å². The molecule has 0 spiro atoms. The number of rotatable bonds is 4. The summed E-state index contributed by atoms with van der Waals surface area (Å²) in [6, 6.07) is 12.4. The van der Waals surface area contributed by atoms with Crippen LogP contribution in [0.15, 0.2) is 47.6 Å². The van der Waals surface area contributed by atoms with Gasteiger partial charge in [-0.25, -0.2) is 9.40 Å². The number of methoxy groups -OCH3 is 1. The number of benzene rings is 2. The fourth-order valence-electron chi connectivity index (χ4n) is 4.95. The Kier molecular flexibility index (Phi) is 5.46. The summed E-state index contributed by atoms with van der Waals surface area (Å²) in [5, 5.41) is 9.86. The number of carbonyl (C=O) groups excluding carboxylic acids is 1. The van der Waals surface area contributed by atoms with Gasteiger partial charge in [-0.3, -0.25) is 9.69 Å². The van der Waals surface area contributed by atoms with Crippen LogP contribution in [0.2, 0.25) is 0 Å². The second-order valence-electron chi connectivity index (χ2n) is 8.41. The lowest BCUT2D eigenvalue weighted by Gasteiger charge is -2.32. The highest BCUT2D eigenvalue weighted by Crippen LogP contribution is 2.44. The highest BCUT2D eigenvalue weighted by Gasteiger charge is 2.44. The summed E-state index contributed by atoms with van der Waals surface area (Å²) >= 11 is 0. The van der Waals surface area contributed by atoms with Crippen LogP contribution in [0.4, 0.5) is 4.39 Å². The number of hydrazone groups is 1. The largest absolute Gasteiger partial charge is 0.497 e. The lowest BCUT2D eigenvalue weighted by atomic mass is 9.77. The first-order valence-electron chi connectivity index (χ1n) is 10.9. The molecule has 5 rings (SSSR count). The maximum Gasteiger partial charge on any atom is 0.257 e. The molecule has 2 heterocycles. The van der Waals surface area contributed by atoms with E-state index in [2.05, 4.69) is 16.3 Å². The van der Waals surface area contributed by atoms with Gasteiger partial charge in [0.2, 0.25) is 0 Å². The van der Waals surface area contributed by atoms with Crippen molar-refractivity contribution in [2.75, 3.05) is 39.8 Å². The van der Waals surface area contributed by atoms with Gasteiger partial charge < -0.3 is 10.1 Å². The number of hydrogen-bond acceptors (Lipinski definition) is 5. The van der Waals surface area contributed by atoms with Gasteiger partial charge in [-0.05, 0) is 48.2 Å². The molecule has 0 bridgehead atoms. The molecule has 0 saturated carbocycles. The second kappa shape index (κ2) is 8.40. The van der Waals surface area contributed by atoms with Crippen LogP contribution in [0.1, 0.15) is 29.2 Å². The van der Waals surface area contributed by atoms with Crippen LogP contribution >= 0.6 is 0 Å². The molecule has 0 aromatic heterocycles. The first kappa shape index (κ1) is 20.2. The van der Waals surface area contributed by atoms with Crippen LogP contribution in [0.25, 0.3) is 0 Å². The zero-order valence-electron chi connectivity index (χ0n) is 17.7. The molecular formula is C24H27FN4O2. The molecule has 162 valence electrons. The van der Waals surface area contributed by atoms with Gasteiger partial charge in [0.15, 0.2) is 0 Å². The van der Waals surface area contributed by atoms with Gasteiger partial charge in [-0.15, -0.1) is 0 Å². The Balaban J connectivity index is 1.51. The predicted molar refractivity (Wildman–Crippen MR) is 117 cm³/mol. The maximum atomic E-state index is 13.6. The van der Waals surface area contributed by atoms with Crippen LogP contribution in [0.5, 0.6) is 5.75 Å². The summed E-state index contributed by atoms with van der Waals surface area (Å²) in [5.41, 5.74) is 4.14. The Morgan fingerprint density at radius 1 is 1.19 bits per heavy atom. The fraction of sp³-hybridized carbons (Fsp3) is 0.417. The average Bonchev–Trinajstić information content (AvgIpc) is 3.20. The Hall–Kier alpha value is -2.77. The SMILES string of the molecule is COc1ccc2c(c1)C1=NN(C(=O)CN3CCNCC3)C(c3ccc(F)cc3)C1CC2. The predicted octanol–water partition coefficient (Wildman–Crippen LogP) is 2.59. The molecule has 2 aromatic carbocycles. The summed E-state index contributed by atoms with van der Waals surface area (Å²) < 4.78 is 19.1. The summed E-state index contributed by atoms with van der Waals surface area (Å²) in [6.07, 6.45) is 1.82. The number of ether oxygens (including phenoxy) is 1. The molecule has 2 aromatic rings. The van der Waals surface area contributed by atoms with Crippen molar-refractivity contribution < 1.29 is 13.9 Å². The smallest absolute Gasteiger partial charge is 0.257 e. The van der Waals surface area contributed by atoms with E-state index < -0.39 is 0 Å². The van der Waals surface area contributed by atoms with E-state index in [1.807, 2.05) is 12.1 Å². The molecule has 2 atom stereocenters. The van der Waals surface area contributed by atoms with E-state index in [1.54, 1.807) is 24.3 Å². The monoisotopic (exact) mass is 422 g/mol. The van der Waals surface area contributed by atoms with Crippen LogP contribution < -0.4 is 10.1 Å². The minimum absolute atomic E-state index is 0.0115. The van der Waals surface area contributed by atoms with Crippen molar-refractivity contribution in [1.29, 1.82) is 0 Å². The molecule has 2 aliphatic heterocycles. The van der Waals surface area contributed by atoms with Crippen molar-refractivity contribution in [3.05, 3.63) is 65.0 Å². The number of halogens is 1. The molecule has 3 aliphatic rings. The Bertz CT molecular complexity index is 1000. The molecule has 1 aliphatic carbocycles. The van der Waals surface area contributed by atoms with Crippen molar-refractivity contribution in [2.45, 2.75) is 18.9 Å². The van der Waals surface area contributed by atoms with E-state index in [0.29, 0.717) is 6.54 Å². The molecule has 0 radical (unpaired) electrons. The Morgan fingerprint density at radius 3 is 2.71 bits per heavy atom. The first-order valence-corrected chi connectivity index (χ1v) is 10.9. The molecule has 1 fully saturated rings. The van der Waals surface area contributed by atoms with Gasteiger partial charge in [-0.1, -0.05) is 18.2 Å². The molecule has 31 heavy (non-hydrogen) atoms. The first-order chi connectivity index (χ1) is 15.1. The number of amides is 1. The fourth-order valence-corrected chi connectivity index (χ4v) is 4.95. The van der Waals surface area contributed by atoms with E-state index in [1.165, 1.54) is 17.7 Å². The van der Waals surface area contributed by atoms with E-state index in [0.717, 1.165) is 61.6 Å². The summed E-state index contributed by atoms with van der Waals surface area (Å²) in [5.74, 6) is 0.575. The van der Waals surface area contributed by atoms with Gasteiger partial charge in [0, 0.05) is 37.7 Å². The third-order valence-corrected chi connectivity index (χ3v) is 6.56. The zero-order valence-corrected chi connectivity index (χ0v) is 17.7. The zero-order chi connectivity index (χ0) is 21.4. The number of aryl methyl sites for hydroxylation is 1. The van der Waals surface area contributed by atoms with Gasteiger partial charge in [0.05, 0.1) is 25.4 Å². The van der Waals surface area contributed by atoms with Crippen molar-refractivity contribution in [2.24, 2.45) is 11.0 Å². The van der Waals surface area contributed by atoms with E-state index in [-0.39, 0.29) is 23.7 Å². The lowest BCUT2D eigenvalue weighted by Crippen LogP contribution is -2.48. The van der Waals surface area contributed by atoms with Crippen molar-refractivity contribution in [3.63, 3.8) is 0 Å². The van der Waals surface area contributed by atoms with E-state index in [4.69, 9.17) is 9.84 Å². The average molecular weight is 423 g/mol. The molecule has 7 heteroatoms. The van der Waals surface area contributed by atoms with Gasteiger partial charge in [0.25, 0.3) is 5.91 Å². The van der Waals surface area contributed by atoms with Crippen molar-refractivity contribution in [1.82, 2.24) is 15.2 Å².